The summed E-state index contributed by atoms with van der Waals surface area (Å²) in [6.45, 7) is 5.93. The summed E-state index contributed by atoms with van der Waals surface area (Å²) in [6.07, 6.45) is -1.71. The zero-order valence-electron chi connectivity index (χ0n) is 17.5. The average molecular weight is 450 g/mol. The van der Waals surface area contributed by atoms with Crippen LogP contribution in [0.25, 0.3) is 5.69 Å². The Bertz CT molecular complexity index is 1060. The molecule has 0 saturated carbocycles. The Balaban J connectivity index is 2.06. The zero-order valence-corrected chi connectivity index (χ0v) is 18.2. The van der Waals surface area contributed by atoms with Crippen molar-refractivity contribution < 1.29 is 18.0 Å². The molecule has 0 radical (unpaired) electrons. The number of benzene rings is 2. The molecule has 0 bridgehead atoms. The normalized spacial score (nSPS) is 11.6. The van der Waals surface area contributed by atoms with Crippen molar-refractivity contribution in [1.82, 2.24) is 9.78 Å². The zero-order chi connectivity index (χ0) is 22.8. The van der Waals surface area contributed by atoms with Gasteiger partial charge in [-0.05, 0) is 60.2 Å². The molecule has 164 valence electrons. The molecule has 4 nitrogen and oxygen atoms in total. The summed E-state index contributed by atoms with van der Waals surface area (Å²) in [4.78, 5) is 13.0. The lowest BCUT2D eigenvalue weighted by Crippen LogP contribution is -2.21. The number of nitrogens with zero attached hydrogens (tertiary/aromatic N) is 2. The molecule has 1 amide bonds. The van der Waals surface area contributed by atoms with Crippen LogP contribution in [0, 0.1) is 0 Å². The van der Waals surface area contributed by atoms with Crippen LogP contribution in [0.3, 0.4) is 0 Å². The lowest BCUT2D eigenvalue weighted by molar-refractivity contribution is -0.143. The third kappa shape index (κ3) is 4.77. The van der Waals surface area contributed by atoms with Crippen molar-refractivity contribution in [1.29, 1.82) is 0 Å². The second-order valence-electron chi connectivity index (χ2n) is 7.10. The Morgan fingerprint density at radius 2 is 1.61 bits per heavy atom. The number of hydrogen-bond acceptors (Lipinski definition) is 2. The number of carbonyl (C=O) groups excluding carboxylic acids is 1. The summed E-state index contributed by atoms with van der Waals surface area (Å²) in [7, 11) is 0. The third-order valence-corrected chi connectivity index (χ3v) is 5.38. The summed E-state index contributed by atoms with van der Waals surface area (Å²) < 4.78 is 42.5. The maximum Gasteiger partial charge on any atom is 0.434 e. The van der Waals surface area contributed by atoms with Gasteiger partial charge in [0.15, 0.2) is 5.69 Å². The Hall–Kier alpha value is -2.80. The van der Waals surface area contributed by atoms with Crippen molar-refractivity contribution in [2.24, 2.45) is 0 Å². The van der Waals surface area contributed by atoms with Gasteiger partial charge in [-0.15, -0.1) is 0 Å². The van der Waals surface area contributed by atoms with E-state index in [-0.39, 0.29) is 5.69 Å². The van der Waals surface area contributed by atoms with Gasteiger partial charge in [-0.1, -0.05) is 44.5 Å². The first-order valence-electron chi connectivity index (χ1n) is 10.1. The van der Waals surface area contributed by atoms with Crippen LogP contribution in [-0.4, -0.2) is 15.7 Å². The van der Waals surface area contributed by atoms with E-state index < -0.39 is 23.3 Å². The number of anilines is 1. The van der Waals surface area contributed by atoms with E-state index in [2.05, 4.69) is 10.4 Å². The first-order chi connectivity index (χ1) is 14.7. The molecule has 2 aromatic carbocycles. The van der Waals surface area contributed by atoms with E-state index in [1.54, 1.807) is 0 Å². The van der Waals surface area contributed by atoms with Crippen molar-refractivity contribution in [2.75, 3.05) is 5.32 Å². The van der Waals surface area contributed by atoms with Gasteiger partial charge in [-0.25, -0.2) is 4.68 Å². The van der Waals surface area contributed by atoms with Gasteiger partial charge >= 0.3 is 6.18 Å². The maximum atomic E-state index is 13.9. The number of halogens is 4. The molecule has 1 aromatic heterocycles. The number of carbonyl (C=O) groups is 1. The number of nitrogens with one attached hydrogen (secondary N) is 1. The van der Waals surface area contributed by atoms with E-state index in [4.69, 9.17) is 11.6 Å². The SMILES string of the molecule is CCc1cc(CC)c(NC(=O)c2cnn(-c3ccc(Cl)cc3)c2C(F)(F)F)c(CC)c1. The number of rotatable bonds is 6. The second-order valence-corrected chi connectivity index (χ2v) is 7.53. The molecule has 3 rings (SSSR count). The second kappa shape index (κ2) is 9.14. The summed E-state index contributed by atoms with van der Waals surface area (Å²) in [6, 6.07) is 9.73. The molecule has 31 heavy (non-hydrogen) atoms. The summed E-state index contributed by atoms with van der Waals surface area (Å²) >= 11 is 5.84. The van der Waals surface area contributed by atoms with Crippen LogP contribution >= 0.6 is 11.6 Å². The number of hydrogen-bond donors (Lipinski definition) is 1. The first kappa shape index (κ1) is 22.9. The van der Waals surface area contributed by atoms with Crippen LogP contribution in [-0.2, 0) is 25.4 Å². The fourth-order valence-electron chi connectivity index (χ4n) is 3.51. The fourth-order valence-corrected chi connectivity index (χ4v) is 3.63. The minimum atomic E-state index is -4.78. The summed E-state index contributed by atoms with van der Waals surface area (Å²) in [5.41, 5.74) is 1.97. The third-order valence-electron chi connectivity index (χ3n) is 5.12. The van der Waals surface area contributed by atoms with E-state index in [1.165, 1.54) is 24.3 Å². The van der Waals surface area contributed by atoms with Crippen molar-refractivity contribution in [3.63, 3.8) is 0 Å². The smallest absolute Gasteiger partial charge is 0.321 e. The molecule has 3 aromatic rings. The Morgan fingerprint density at radius 3 is 2.10 bits per heavy atom. The first-order valence-corrected chi connectivity index (χ1v) is 10.4. The maximum absolute atomic E-state index is 13.9. The van der Waals surface area contributed by atoms with Crippen molar-refractivity contribution >= 4 is 23.2 Å². The monoisotopic (exact) mass is 449 g/mol. The molecule has 0 spiro atoms. The van der Waals surface area contributed by atoms with Crippen LogP contribution < -0.4 is 5.32 Å². The Labute approximate surface area is 184 Å². The summed E-state index contributed by atoms with van der Waals surface area (Å²) in [5, 5.41) is 6.96. The van der Waals surface area contributed by atoms with E-state index in [0.717, 1.165) is 29.3 Å². The number of alkyl halides is 3. The van der Waals surface area contributed by atoms with Gasteiger partial charge < -0.3 is 5.32 Å². The highest BCUT2D eigenvalue weighted by molar-refractivity contribution is 6.30. The van der Waals surface area contributed by atoms with E-state index in [0.29, 0.717) is 28.2 Å². The largest absolute Gasteiger partial charge is 0.434 e. The van der Waals surface area contributed by atoms with E-state index in [9.17, 15) is 18.0 Å². The molecule has 0 saturated heterocycles. The molecular formula is C23H23ClF3N3O. The van der Waals surface area contributed by atoms with Crippen molar-refractivity contribution in [2.45, 2.75) is 46.2 Å². The topological polar surface area (TPSA) is 46.9 Å². The van der Waals surface area contributed by atoms with Gasteiger partial charge in [-0.3, -0.25) is 4.79 Å². The molecule has 0 aliphatic rings. The molecule has 0 unspecified atom stereocenters. The molecule has 0 aliphatic carbocycles. The van der Waals surface area contributed by atoms with Crippen LogP contribution in [0.2, 0.25) is 5.02 Å². The lowest BCUT2D eigenvalue weighted by atomic mass is 9.97. The Kier molecular flexibility index (Phi) is 6.74. The van der Waals surface area contributed by atoms with Gasteiger partial charge in [0.05, 0.1) is 17.4 Å². The predicted molar refractivity (Wildman–Crippen MR) is 116 cm³/mol. The molecule has 1 N–H and O–H groups in total. The lowest BCUT2D eigenvalue weighted by Gasteiger charge is -2.17. The highest BCUT2D eigenvalue weighted by Crippen LogP contribution is 2.35. The molecule has 0 aliphatic heterocycles. The molecule has 0 fully saturated rings. The number of aryl methyl sites for hydroxylation is 3. The summed E-state index contributed by atoms with van der Waals surface area (Å²) in [5.74, 6) is -0.846. The number of amides is 1. The van der Waals surface area contributed by atoms with Crippen LogP contribution in [0.4, 0.5) is 18.9 Å². The van der Waals surface area contributed by atoms with E-state index in [1.807, 2.05) is 32.9 Å². The highest BCUT2D eigenvalue weighted by atomic mass is 35.5. The van der Waals surface area contributed by atoms with Gasteiger partial charge in [0.2, 0.25) is 0 Å². The average Bonchev–Trinajstić information content (AvgIpc) is 3.20. The molecule has 1 heterocycles. The van der Waals surface area contributed by atoms with Crippen LogP contribution in [0.5, 0.6) is 0 Å². The van der Waals surface area contributed by atoms with Crippen LogP contribution in [0.15, 0.2) is 42.6 Å². The molecule has 8 heteroatoms. The standard InChI is InChI=1S/C23H23ClF3N3O/c1-4-14-11-15(5-2)20(16(6-3)12-14)29-22(31)19-13-28-30(21(19)23(25,26)27)18-9-7-17(24)8-10-18/h7-13H,4-6H2,1-3H3,(H,29,31). The van der Waals surface area contributed by atoms with Crippen molar-refractivity contribution in [3.8, 4) is 5.69 Å². The molecular weight excluding hydrogens is 427 g/mol. The highest BCUT2D eigenvalue weighted by Gasteiger charge is 2.40. The van der Waals surface area contributed by atoms with Crippen molar-refractivity contribution in [3.05, 3.63) is 75.6 Å². The van der Waals surface area contributed by atoms with Gasteiger partial charge in [0.25, 0.3) is 5.91 Å². The van der Waals surface area contributed by atoms with Crippen LogP contribution in [0.1, 0.15) is 53.5 Å². The number of aromatic nitrogens is 2. The van der Waals surface area contributed by atoms with Gasteiger partial charge in [0, 0.05) is 10.7 Å². The van der Waals surface area contributed by atoms with Gasteiger partial charge in [0.1, 0.15) is 0 Å². The predicted octanol–water partition coefficient (Wildman–Crippen LogP) is 6.48. The van der Waals surface area contributed by atoms with Gasteiger partial charge in [-0.2, -0.15) is 18.3 Å². The minimum Gasteiger partial charge on any atom is -0.321 e. The fraction of sp³-hybridized carbons (Fsp3) is 0.304. The minimum absolute atomic E-state index is 0.159. The van der Waals surface area contributed by atoms with E-state index >= 15 is 0 Å². The quantitative estimate of drug-likeness (QED) is 0.468. The Morgan fingerprint density at radius 1 is 1.03 bits per heavy atom. The molecule has 0 atom stereocenters.